The third-order valence-electron chi connectivity index (χ3n) is 7.46. The molecule has 0 N–H and O–H groups in total. The molecule has 5 nitrogen and oxygen atoms in total. The van der Waals surface area contributed by atoms with Gasteiger partial charge in [-0.2, -0.15) is 0 Å². The molecule has 0 saturated carbocycles. The third kappa shape index (κ3) is 3.57. The van der Waals surface area contributed by atoms with Crippen LogP contribution in [0.2, 0.25) is 0 Å². The summed E-state index contributed by atoms with van der Waals surface area (Å²) in [5.74, 6) is 0.925. The predicted octanol–water partition coefficient (Wildman–Crippen LogP) is 5.41. The highest BCUT2D eigenvalue weighted by Crippen LogP contribution is 2.49. The van der Waals surface area contributed by atoms with Crippen molar-refractivity contribution in [1.82, 2.24) is 4.90 Å². The van der Waals surface area contributed by atoms with E-state index in [4.69, 9.17) is 18.6 Å². The number of rotatable bonds is 5. The highest BCUT2D eigenvalue weighted by Gasteiger charge is 2.57. The van der Waals surface area contributed by atoms with Gasteiger partial charge in [0.1, 0.15) is 12.2 Å². The quantitative estimate of drug-likeness (QED) is 0.504. The summed E-state index contributed by atoms with van der Waals surface area (Å²) < 4.78 is 25.2. The van der Waals surface area contributed by atoms with E-state index in [0.29, 0.717) is 6.61 Å². The van der Waals surface area contributed by atoms with Crippen molar-refractivity contribution in [1.29, 1.82) is 0 Å². The summed E-state index contributed by atoms with van der Waals surface area (Å²) in [5.41, 5.74) is 1.63. The molecule has 3 aromatic rings. The predicted molar refractivity (Wildman–Crippen MR) is 122 cm³/mol. The van der Waals surface area contributed by atoms with Gasteiger partial charge in [-0.3, -0.25) is 4.90 Å². The molecule has 2 aromatic carbocycles. The Kier molecular flexibility index (Phi) is 5.10. The smallest absolute Gasteiger partial charge is 0.204 e. The highest BCUT2D eigenvalue weighted by molar-refractivity contribution is 5.78. The van der Waals surface area contributed by atoms with Gasteiger partial charge in [0, 0.05) is 37.9 Å². The highest BCUT2D eigenvalue weighted by atomic mass is 16.6. The van der Waals surface area contributed by atoms with Gasteiger partial charge in [-0.25, -0.2) is 0 Å². The lowest BCUT2D eigenvalue weighted by molar-refractivity contribution is -0.198. The first-order chi connectivity index (χ1) is 15.7. The number of hydrogen-bond donors (Lipinski definition) is 0. The van der Waals surface area contributed by atoms with E-state index in [-0.39, 0.29) is 17.8 Å². The van der Waals surface area contributed by atoms with Crippen LogP contribution in [0.3, 0.4) is 0 Å². The Morgan fingerprint density at radius 3 is 2.50 bits per heavy atom. The van der Waals surface area contributed by atoms with Crippen LogP contribution in [0.15, 0.2) is 65.1 Å². The number of likely N-dealkylation sites (tertiary alicyclic amines) is 1. The second kappa shape index (κ2) is 7.99. The van der Waals surface area contributed by atoms with Crippen LogP contribution in [0.1, 0.15) is 50.0 Å². The Balaban J connectivity index is 1.20. The van der Waals surface area contributed by atoms with Crippen LogP contribution in [0, 0.1) is 0 Å². The number of ether oxygens (including phenoxy) is 3. The number of epoxide rings is 1. The Morgan fingerprint density at radius 1 is 1.03 bits per heavy atom. The molecular weight excluding hydrogens is 402 g/mol. The molecule has 6 rings (SSSR count). The van der Waals surface area contributed by atoms with E-state index in [1.807, 2.05) is 18.2 Å². The Hall–Kier alpha value is -2.18. The van der Waals surface area contributed by atoms with Gasteiger partial charge >= 0.3 is 0 Å². The molecule has 0 radical (unpaired) electrons. The Morgan fingerprint density at radius 2 is 1.78 bits per heavy atom. The molecule has 3 atom stereocenters. The number of nitrogens with zero attached hydrogens (tertiary/aromatic N) is 1. The van der Waals surface area contributed by atoms with Crippen LogP contribution in [-0.4, -0.2) is 42.9 Å². The van der Waals surface area contributed by atoms with Gasteiger partial charge in [-0.05, 0) is 37.5 Å². The summed E-state index contributed by atoms with van der Waals surface area (Å²) in [6.07, 6.45) is 4.18. The van der Waals surface area contributed by atoms with Gasteiger partial charge in [0.2, 0.25) is 5.72 Å². The molecular formula is C27H31NO4. The van der Waals surface area contributed by atoms with E-state index in [9.17, 15) is 0 Å². The van der Waals surface area contributed by atoms with E-state index in [2.05, 4.69) is 54.3 Å². The lowest BCUT2D eigenvalue weighted by atomic mass is 9.80. The van der Waals surface area contributed by atoms with Crippen molar-refractivity contribution in [3.63, 3.8) is 0 Å². The molecule has 32 heavy (non-hydrogen) atoms. The number of benzene rings is 2. The minimum absolute atomic E-state index is 0.0922. The summed E-state index contributed by atoms with van der Waals surface area (Å²) in [6.45, 7) is 5.38. The van der Waals surface area contributed by atoms with Crippen molar-refractivity contribution in [3.8, 4) is 0 Å². The van der Waals surface area contributed by atoms with Crippen molar-refractivity contribution in [2.24, 2.45) is 0 Å². The molecule has 5 heteroatoms. The molecule has 3 saturated heterocycles. The van der Waals surface area contributed by atoms with Gasteiger partial charge in [-0.15, -0.1) is 0 Å². The lowest BCUT2D eigenvalue weighted by Gasteiger charge is -2.49. The first-order valence-electron chi connectivity index (χ1n) is 11.9. The van der Waals surface area contributed by atoms with Crippen molar-refractivity contribution < 1.29 is 18.6 Å². The number of para-hydroxylation sites is 1. The molecule has 3 aliphatic heterocycles. The van der Waals surface area contributed by atoms with Crippen molar-refractivity contribution in [3.05, 3.63) is 72.0 Å². The lowest BCUT2D eigenvalue weighted by Crippen LogP contribution is -2.53. The second-order valence-corrected chi connectivity index (χ2v) is 9.43. The summed E-state index contributed by atoms with van der Waals surface area (Å²) in [6, 6.07) is 20.9. The zero-order valence-electron chi connectivity index (χ0n) is 18.7. The molecule has 0 aliphatic carbocycles. The van der Waals surface area contributed by atoms with Crippen LogP contribution < -0.4 is 0 Å². The fraction of sp³-hybridized carbons (Fsp3) is 0.481. The number of piperidine rings is 1. The summed E-state index contributed by atoms with van der Waals surface area (Å²) in [7, 11) is 0. The van der Waals surface area contributed by atoms with E-state index in [1.54, 1.807) is 0 Å². The van der Waals surface area contributed by atoms with Crippen LogP contribution in [-0.2, 0) is 19.9 Å². The van der Waals surface area contributed by atoms with Crippen molar-refractivity contribution in [2.75, 3.05) is 26.3 Å². The number of fused-ring (bicyclic) bond motifs is 1. The summed E-state index contributed by atoms with van der Waals surface area (Å²) >= 11 is 0. The molecule has 3 unspecified atom stereocenters. The number of furan rings is 1. The van der Waals surface area contributed by atoms with Crippen molar-refractivity contribution in [2.45, 2.75) is 56.1 Å². The largest absolute Gasteiger partial charge is 0.456 e. The SMILES string of the molecule is CCOC1CC(c2ccccc2)OC2(CCN(C3(c4cc5ccccc5o4)CO3)CC2)C1. The van der Waals surface area contributed by atoms with Gasteiger partial charge < -0.3 is 18.6 Å². The molecule has 0 amide bonds. The molecule has 1 spiro atoms. The normalized spacial score (nSPS) is 30.0. The zero-order valence-corrected chi connectivity index (χ0v) is 18.7. The fourth-order valence-corrected chi connectivity index (χ4v) is 5.69. The minimum Gasteiger partial charge on any atom is -0.456 e. The van der Waals surface area contributed by atoms with E-state index in [0.717, 1.165) is 62.1 Å². The van der Waals surface area contributed by atoms with Crippen LogP contribution >= 0.6 is 0 Å². The molecule has 0 bridgehead atoms. The third-order valence-corrected chi connectivity index (χ3v) is 7.46. The monoisotopic (exact) mass is 433 g/mol. The van der Waals surface area contributed by atoms with E-state index >= 15 is 0 Å². The zero-order chi connectivity index (χ0) is 21.6. The average molecular weight is 434 g/mol. The first-order valence-corrected chi connectivity index (χ1v) is 11.9. The van der Waals surface area contributed by atoms with E-state index < -0.39 is 5.72 Å². The van der Waals surface area contributed by atoms with Gasteiger partial charge in [0.25, 0.3) is 0 Å². The topological polar surface area (TPSA) is 47.4 Å². The second-order valence-electron chi connectivity index (χ2n) is 9.43. The molecule has 3 fully saturated rings. The van der Waals surface area contributed by atoms with E-state index in [1.165, 1.54) is 5.56 Å². The van der Waals surface area contributed by atoms with Crippen LogP contribution in [0.4, 0.5) is 0 Å². The van der Waals surface area contributed by atoms with Gasteiger partial charge in [0.05, 0.1) is 17.8 Å². The Labute approximate surface area is 189 Å². The summed E-state index contributed by atoms with van der Waals surface area (Å²) in [4.78, 5) is 2.45. The average Bonchev–Trinajstić information content (AvgIpc) is 3.52. The maximum atomic E-state index is 6.84. The fourth-order valence-electron chi connectivity index (χ4n) is 5.69. The number of hydrogen-bond acceptors (Lipinski definition) is 5. The summed E-state index contributed by atoms with van der Waals surface area (Å²) in [5, 5.41) is 1.13. The Bertz CT molecular complexity index is 1030. The van der Waals surface area contributed by atoms with Gasteiger partial charge in [-0.1, -0.05) is 48.5 Å². The standard InChI is InChI=1S/C27H31NO4/c1-2-29-22-17-24(20-8-4-3-5-9-20)32-26(18-22)12-14-28(15-13-26)27(19-30-27)25-16-21-10-6-7-11-23(21)31-25/h3-11,16,22,24H,2,12-15,17-19H2,1H3. The molecule has 3 aliphatic rings. The maximum Gasteiger partial charge on any atom is 0.204 e. The van der Waals surface area contributed by atoms with Gasteiger partial charge in [0.15, 0.2) is 5.76 Å². The molecule has 168 valence electrons. The van der Waals surface area contributed by atoms with Crippen LogP contribution in [0.5, 0.6) is 0 Å². The first kappa shape index (κ1) is 20.4. The van der Waals surface area contributed by atoms with Crippen LogP contribution in [0.25, 0.3) is 11.0 Å². The molecule has 4 heterocycles. The maximum absolute atomic E-state index is 6.84. The minimum atomic E-state index is -0.409. The van der Waals surface area contributed by atoms with Crippen molar-refractivity contribution >= 4 is 11.0 Å². The molecule has 1 aromatic heterocycles.